The molecule has 2 N–H and O–H groups in total. The molecule has 2 aromatic rings. The number of fused-ring (bicyclic) bond motifs is 1. The highest BCUT2D eigenvalue weighted by molar-refractivity contribution is 7.15. The van der Waals surface area contributed by atoms with Gasteiger partial charge in [-0.1, -0.05) is 0 Å². The van der Waals surface area contributed by atoms with Crippen molar-refractivity contribution in [3.63, 3.8) is 0 Å². The van der Waals surface area contributed by atoms with Gasteiger partial charge in [-0.25, -0.2) is 4.98 Å². The Hall–Kier alpha value is -1.11. The lowest BCUT2D eigenvalue weighted by molar-refractivity contribution is 0.265. The monoisotopic (exact) mass is 241 g/mol. The topological polar surface area (TPSA) is 61.0 Å². The van der Waals surface area contributed by atoms with E-state index in [9.17, 15) is 5.11 Å². The van der Waals surface area contributed by atoms with Crippen molar-refractivity contribution in [2.45, 2.75) is 19.6 Å². The van der Waals surface area contributed by atoms with E-state index < -0.39 is 0 Å². The highest BCUT2D eigenvalue weighted by Crippen LogP contribution is 2.24. The molecule has 5 nitrogen and oxygen atoms in total. The number of imidazole rings is 1. The molecule has 16 heavy (non-hydrogen) atoms. The molecule has 0 aromatic carbocycles. The van der Waals surface area contributed by atoms with E-state index in [1.165, 1.54) is 11.3 Å². The van der Waals surface area contributed by atoms with Gasteiger partial charge in [0.1, 0.15) is 0 Å². The molecule has 2 heterocycles. The van der Waals surface area contributed by atoms with Gasteiger partial charge in [-0.15, -0.1) is 11.3 Å². The third-order valence-corrected chi connectivity index (χ3v) is 3.51. The van der Waals surface area contributed by atoms with Crippen LogP contribution in [0.2, 0.25) is 0 Å². The first-order valence-corrected chi connectivity index (χ1v) is 5.96. The minimum atomic E-state index is -0.0598. The summed E-state index contributed by atoms with van der Waals surface area (Å²) in [5.74, 6) is 0.732. The zero-order valence-corrected chi connectivity index (χ0v) is 10.1. The third kappa shape index (κ3) is 1.68. The van der Waals surface area contributed by atoms with Crippen LogP contribution in [0.15, 0.2) is 11.6 Å². The zero-order valence-electron chi connectivity index (χ0n) is 9.29. The summed E-state index contributed by atoms with van der Waals surface area (Å²) in [6, 6.07) is -0.0186. The van der Waals surface area contributed by atoms with Crippen LogP contribution in [0.5, 0.6) is 0 Å². The average molecular weight is 241 g/mol. The number of thiazole rings is 1. The van der Waals surface area contributed by atoms with Crippen LogP contribution >= 0.6 is 11.3 Å². The van der Waals surface area contributed by atoms with E-state index in [1.807, 2.05) is 34.8 Å². The van der Waals surface area contributed by atoms with Crippen LogP contribution in [0.1, 0.15) is 12.6 Å². The third-order valence-electron chi connectivity index (χ3n) is 2.75. The minimum absolute atomic E-state index is 0.0186. The number of nitrogens with zero attached hydrogens (tertiary/aromatic N) is 3. The second kappa shape index (κ2) is 4.40. The fraction of sp³-hybridized carbons (Fsp3) is 0.500. The number of aromatic nitrogens is 2. The molecule has 0 radical (unpaired) electrons. The highest BCUT2D eigenvalue weighted by Gasteiger charge is 2.18. The SMILES string of the molecule is CC(CO)N(C)c1nc2sccn2c1CO. The van der Waals surface area contributed by atoms with E-state index in [1.54, 1.807) is 0 Å². The maximum Gasteiger partial charge on any atom is 0.195 e. The Morgan fingerprint density at radius 3 is 2.94 bits per heavy atom. The van der Waals surface area contributed by atoms with Crippen molar-refractivity contribution in [1.29, 1.82) is 0 Å². The number of rotatable bonds is 4. The highest BCUT2D eigenvalue weighted by atomic mass is 32.1. The van der Waals surface area contributed by atoms with Crippen LogP contribution < -0.4 is 4.90 Å². The number of hydrogen-bond acceptors (Lipinski definition) is 5. The van der Waals surface area contributed by atoms with Gasteiger partial charge in [0.25, 0.3) is 0 Å². The Morgan fingerprint density at radius 1 is 1.56 bits per heavy atom. The van der Waals surface area contributed by atoms with Crippen LogP contribution in [-0.2, 0) is 6.61 Å². The maximum absolute atomic E-state index is 9.38. The maximum atomic E-state index is 9.38. The van der Waals surface area contributed by atoms with Crippen molar-refractivity contribution in [1.82, 2.24) is 9.38 Å². The fourth-order valence-electron chi connectivity index (χ4n) is 1.58. The Balaban J connectivity index is 2.46. The van der Waals surface area contributed by atoms with Gasteiger partial charge >= 0.3 is 0 Å². The average Bonchev–Trinajstić information content (AvgIpc) is 2.86. The Kier molecular flexibility index (Phi) is 3.13. The van der Waals surface area contributed by atoms with Crippen LogP contribution in [0.3, 0.4) is 0 Å². The van der Waals surface area contributed by atoms with Gasteiger partial charge in [-0.2, -0.15) is 0 Å². The first-order chi connectivity index (χ1) is 7.69. The molecule has 0 saturated carbocycles. The zero-order chi connectivity index (χ0) is 11.7. The summed E-state index contributed by atoms with van der Waals surface area (Å²) in [6.45, 7) is 1.91. The molecule has 0 aliphatic rings. The number of aliphatic hydroxyl groups excluding tert-OH is 2. The molecule has 0 saturated heterocycles. The summed E-state index contributed by atoms with van der Waals surface area (Å²) in [5, 5.41) is 20.4. The summed E-state index contributed by atoms with van der Waals surface area (Å²) in [7, 11) is 1.87. The Morgan fingerprint density at radius 2 is 2.31 bits per heavy atom. The van der Waals surface area contributed by atoms with Gasteiger partial charge in [-0.05, 0) is 6.92 Å². The van der Waals surface area contributed by atoms with Gasteiger partial charge in [0, 0.05) is 18.6 Å². The molecule has 1 unspecified atom stereocenters. The standard InChI is InChI=1S/C10H15N3O2S/c1-7(5-14)12(2)9-8(6-15)13-3-4-16-10(13)11-9/h3-4,7,14-15H,5-6H2,1-2H3. The van der Waals surface area contributed by atoms with E-state index in [4.69, 9.17) is 5.11 Å². The van der Waals surface area contributed by atoms with Crippen molar-refractivity contribution in [2.75, 3.05) is 18.6 Å². The predicted octanol–water partition coefficient (Wildman–Crippen LogP) is 0.705. The molecule has 2 rings (SSSR count). The van der Waals surface area contributed by atoms with E-state index in [0.29, 0.717) is 0 Å². The molecule has 0 aliphatic carbocycles. The normalized spacial score (nSPS) is 13.2. The van der Waals surface area contributed by atoms with Crippen LogP contribution in [0.25, 0.3) is 4.96 Å². The van der Waals surface area contributed by atoms with Crippen molar-refractivity contribution in [3.05, 3.63) is 17.3 Å². The lowest BCUT2D eigenvalue weighted by Gasteiger charge is -2.23. The molecular weight excluding hydrogens is 226 g/mol. The van der Waals surface area contributed by atoms with E-state index >= 15 is 0 Å². The lowest BCUT2D eigenvalue weighted by Crippen LogP contribution is -2.32. The van der Waals surface area contributed by atoms with Crippen molar-refractivity contribution < 1.29 is 10.2 Å². The number of likely N-dealkylation sites (N-methyl/N-ethyl adjacent to an activating group) is 1. The second-order valence-electron chi connectivity index (χ2n) is 3.74. The van der Waals surface area contributed by atoms with E-state index in [-0.39, 0.29) is 19.3 Å². The first-order valence-electron chi connectivity index (χ1n) is 5.08. The van der Waals surface area contributed by atoms with Gasteiger partial charge in [0.2, 0.25) is 0 Å². The largest absolute Gasteiger partial charge is 0.394 e. The van der Waals surface area contributed by atoms with Crippen LogP contribution in [0, 0.1) is 0 Å². The van der Waals surface area contributed by atoms with E-state index in [2.05, 4.69) is 4.98 Å². The number of hydrogen-bond donors (Lipinski definition) is 2. The molecule has 1 atom stereocenters. The Labute approximate surface area is 97.6 Å². The molecule has 6 heteroatoms. The quantitative estimate of drug-likeness (QED) is 0.827. The fourth-order valence-corrected chi connectivity index (χ4v) is 2.31. The van der Waals surface area contributed by atoms with Crippen molar-refractivity contribution >= 4 is 22.1 Å². The minimum Gasteiger partial charge on any atom is -0.394 e. The molecule has 2 aromatic heterocycles. The van der Waals surface area contributed by atoms with Gasteiger partial charge in [0.15, 0.2) is 10.8 Å². The molecule has 88 valence electrons. The molecular formula is C10H15N3O2S. The summed E-state index contributed by atoms with van der Waals surface area (Å²) < 4.78 is 1.88. The van der Waals surface area contributed by atoms with Crippen molar-refractivity contribution in [3.8, 4) is 0 Å². The Bertz CT molecular complexity index is 479. The summed E-state index contributed by atoms with van der Waals surface area (Å²) >= 11 is 1.53. The van der Waals surface area contributed by atoms with E-state index in [0.717, 1.165) is 16.5 Å². The summed E-state index contributed by atoms with van der Waals surface area (Å²) in [5.41, 5.74) is 0.763. The summed E-state index contributed by atoms with van der Waals surface area (Å²) in [4.78, 5) is 7.19. The number of anilines is 1. The molecule has 0 fully saturated rings. The number of aliphatic hydroxyl groups is 2. The summed E-state index contributed by atoms with van der Waals surface area (Å²) in [6.07, 6.45) is 1.89. The van der Waals surface area contributed by atoms with Gasteiger partial charge < -0.3 is 15.1 Å². The molecule has 0 bridgehead atoms. The molecule has 0 spiro atoms. The van der Waals surface area contributed by atoms with Crippen molar-refractivity contribution in [2.24, 2.45) is 0 Å². The molecule has 0 amide bonds. The smallest absolute Gasteiger partial charge is 0.195 e. The van der Waals surface area contributed by atoms with Gasteiger partial charge in [0.05, 0.1) is 24.9 Å². The van der Waals surface area contributed by atoms with Crippen LogP contribution in [-0.4, -0.2) is 39.3 Å². The second-order valence-corrected chi connectivity index (χ2v) is 4.61. The predicted molar refractivity (Wildman–Crippen MR) is 63.9 cm³/mol. The first kappa shape index (κ1) is 11.4. The van der Waals surface area contributed by atoms with Gasteiger partial charge in [-0.3, -0.25) is 4.40 Å². The van der Waals surface area contributed by atoms with Crippen LogP contribution in [0.4, 0.5) is 5.82 Å². The lowest BCUT2D eigenvalue weighted by atomic mass is 10.3. The molecule has 0 aliphatic heterocycles.